The summed E-state index contributed by atoms with van der Waals surface area (Å²) < 4.78 is 1.68. The maximum Gasteiger partial charge on any atom is 0.319 e. The van der Waals surface area contributed by atoms with Crippen molar-refractivity contribution in [1.82, 2.24) is 15.1 Å². The van der Waals surface area contributed by atoms with E-state index in [2.05, 4.69) is 15.7 Å². The maximum absolute atomic E-state index is 11.9. The smallest absolute Gasteiger partial charge is 0.319 e. The molecule has 0 radical (unpaired) electrons. The van der Waals surface area contributed by atoms with Crippen molar-refractivity contribution in [2.75, 3.05) is 11.9 Å². The third-order valence-corrected chi connectivity index (χ3v) is 3.02. The van der Waals surface area contributed by atoms with E-state index in [1.807, 2.05) is 37.4 Å². The van der Waals surface area contributed by atoms with Crippen LogP contribution in [0.4, 0.5) is 10.5 Å². The standard InChI is InChI=1S/C15H20N4O2/c1-2-6-12(20)11-16-15(21)18-13-7-3-4-8-14(13)19-10-5-9-17-19/h3-5,7-10,12,20H,2,6,11H2,1H3,(H2,16,18,21). The zero-order chi connectivity index (χ0) is 15.1. The van der Waals surface area contributed by atoms with Gasteiger partial charge in [0.25, 0.3) is 0 Å². The van der Waals surface area contributed by atoms with Gasteiger partial charge < -0.3 is 15.7 Å². The largest absolute Gasteiger partial charge is 0.391 e. The number of aromatic nitrogens is 2. The number of nitrogens with one attached hydrogen (secondary N) is 2. The Labute approximate surface area is 123 Å². The number of anilines is 1. The van der Waals surface area contributed by atoms with Crippen LogP contribution in [0.2, 0.25) is 0 Å². The summed E-state index contributed by atoms with van der Waals surface area (Å²) in [6.45, 7) is 2.23. The number of aliphatic hydroxyl groups excluding tert-OH is 1. The molecule has 2 rings (SSSR count). The first-order chi connectivity index (χ1) is 10.2. The summed E-state index contributed by atoms with van der Waals surface area (Å²) in [5, 5.41) is 19.2. The first kappa shape index (κ1) is 15.1. The molecule has 1 aromatic carbocycles. The quantitative estimate of drug-likeness (QED) is 0.762. The van der Waals surface area contributed by atoms with Crippen molar-refractivity contribution in [3.63, 3.8) is 0 Å². The number of amides is 2. The summed E-state index contributed by atoms with van der Waals surface area (Å²) in [6, 6.07) is 8.87. The second kappa shape index (κ2) is 7.44. The second-order valence-corrected chi connectivity index (χ2v) is 4.75. The van der Waals surface area contributed by atoms with Gasteiger partial charge >= 0.3 is 6.03 Å². The van der Waals surface area contributed by atoms with Gasteiger partial charge in [-0.1, -0.05) is 25.5 Å². The van der Waals surface area contributed by atoms with Crippen LogP contribution in [-0.4, -0.2) is 33.6 Å². The van der Waals surface area contributed by atoms with Crippen molar-refractivity contribution in [3.8, 4) is 5.69 Å². The van der Waals surface area contributed by atoms with Gasteiger partial charge in [-0.3, -0.25) is 0 Å². The van der Waals surface area contributed by atoms with Crippen molar-refractivity contribution >= 4 is 11.7 Å². The minimum absolute atomic E-state index is 0.240. The predicted octanol–water partition coefficient (Wildman–Crippen LogP) is 2.15. The highest BCUT2D eigenvalue weighted by Crippen LogP contribution is 2.18. The number of rotatable bonds is 6. The van der Waals surface area contributed by atoms with Gasteiger partial charge in [-0.15, -0.1) is 0 Å². The number of benzene rings is 1. The number of nitrogens with zero attached hydrogens (tertiary/aromatic N) is 2. The van der Waals surface area contributed by atoms with Gasteiger partial charge in [-0.2, -0.15) is 5.10 Å². The zero-order valence-electron chi connectivity index (χ0n) is 12.0. The third-order valence-electron chi connectivity index (χ3n) is 3.02. The predicted molar refractivity (Wildman–Crippen MR) is 81.5 cm³/mol. The monoisotopic (exact) mass is 288 g/mol. The molecule has 2 aromatic rings. The van der Waals surface area contributed by atoms with E-state index in [0.29, 0.717) is 12.1 Å². The summed E-state index contributed by atoms with van der Waals surface area (Å²) in [4.78, 5) is 11.9. The molecular formula is C15H20N4O2. The molecule has 6 nitrogen and oxygen atoms in total. The lowest BCUT2D eigenvalue weighted by molar-refractivity contribution is 0.162. The van der Waals surface area contributed by atoms with Crippen LogP contribution >= 0.6 is 0 Å². The van der Waals surface area contributed by atoms with E-state index in [9.17, 15) is 9.90 Å². The molecule has 0 saturated carbocycles. The molecule has 112 valence electrons. The van der Waals surface area contributed by atoms with E-state index in [1.54, 1.807) is 16.9 Å². The van der Waals surface area contributed by atoms with Crippen LogP contribution in [0.3, 0.4) is 0 Å². The fraction of sp³-hybridized carbons (Fsp3) is 0.333. The number of hydrogen-bond acceptors (Lipinski definition) is 3. The molecule has 2 amide bonds. The van der Waals surface area contributed by atoms with Gasteiger partial charge in [0, 0.05) is 18.9 Å². The second-order valence-electron chi connectivity index (χ2n) is 4.75. The summed E-state index contributed by atoms with van der Waals surface area (Å²) >= 11 is 0. The molecule has 1 unspecified atom stereocenters. The minimum atomic E-state index is -0.512. The van der Waals surface area contributed by atoms with E-state index in [-0.39, 0.29) is 12.6 Å². The molecule has 1 heterocycles. The fourth-order valence-corrected chi connectivity index (χ4v) is 2.00. The van der Waals surface area contributed by atoms with Crippen LogP contribution < -0.4 is 10.6 Å². The Hall–Kier alpha value is -2.34. The van der Waals surface area contributed by atoms with Gasteiger partial charge in [0.05, 0.1) is 17.5 Å². The Morgan fingerprint density at radius 2 is 2.19 bits per heavy atom. The normalized spacial score (nSPS) is 11.9. The summed E-state index contributed by atoms with van der Waals surface area (Å²) in [6.07, 6.45) is 4.53. The van der Waals surface area contributed by atoms with E-state index in [1.165, 1.54) is 0 Å². The Morgan fingerprint density at radius 1 is 1.38 bits per heavy atom. The first-order valence-corrected chi connectivity index (χ1v) is 7.02. The summed E-state index contributed by atoms with van der Waals surface area (Å²) in [7, 11) is 0. The zero-order valence-corrected chi connectivity index (χ0v) is 12.0. The molecule has 0 aliphatic rings. The average Bonchev–Trinajstić information content (AvgIpc) is 3.00. The summed E-state index contributed by atoms with van der Waals surface area (Å²) in [5.41, 5.74) is 1.44. The third kappa shape index (κ3) is 4.32. The molecule has 21 heavy (non-hydrogen) atoms. The number of hydrogen-bond donors (Lipinski definition) is 3. The number of aliphatic hydroxyl groups is 1. The van der Waals surface area contributed by atoms with Crippen LogP contribution in [-0.2, 0) is 0 Å². The van der Waals surface area contributed by atoms with Crippen LogP contribution in [0.1, 0.15) is 19.8 Å². The fourth-order valence-electron chi connectivity index (χ4n) is 2.00. The lowest BCUT2D eigenvalue weighted by Crippen LogP contribution is -2.35. The number of carbonyl (C=O) groups excluding carboxylic acids is 1. The summed E-state index contributed by atoms with van der Waals surface area (Å²) in [5.74, 6) is 0. The van der Waals surface area contributed by atoms with Crippen molar-refractivity contribution in [3.05, 3.63) is 42.7 Å². The van der Waals surface area contributed by atoms with Gasteiger partial charge in [-0.25, -0.2) is 9.48 Å². The van der Waals surface area contributed by atoms with E-state index in [0.717, 1.165) is 12.1 Å². The van der Waals surface area contributed by atoms with Crippen molar-refractivity contribution in [2.24, 2.45) is 0 Å². The molecular weight excluding hydrogens is 268 g/mol. The van der Waals surface area contributed by atoms with E-state index >= 15 is 0 Å². The van der Waals surface area contributed by atoms with Crippen molar-refractivity contribution in [2.45, 2.75) is 25.9 Å². The van der Waals surface area contributed by atoms with Crippen LogP contribution in [0, 0.1) is 0 Å². The van der Waals surface area contributed by atoms with Gasteiger partial charge in [0.15, 0.2) is 0 Å². The Kier molecular flexibility index (Phi) is 5.34. The van der Waals surface area contributed by atoms with E-state index in [4.69, 9.17) is 0 Å². The molecule has 1 atom stereocenters. The van der Waals surface area contributed by atoms with Crippen LogP contribution in [0.25, 0.3) is 5.69 Å². The molecule has 6 heteroatoms. The van der Waals surface area contributed by atoms with Crippen LogP contribution in [0.15, 0.2) is 42.7 Å². The highest BCUT2D eigenvalue weighted by Gasteiger charge is 2.09. The van der Waals surface area contributed by atoms with E-state index < -0.39 is 6.10 Å². The molecule has 0 spiro atoms. The number of para-hydroxylation sites is 2. The van der Waals surface area contributed by atoms with Crippen molar-refractivity contribution in [1.29, 1.82) is 0 Å². The molecule has 0 aliphatic heterocycles. The highest BCUT2D eigenvalue weighted by molar-refractivity contribution is 5.91. The van der Waals surface area contributed by atoms with Crippen molar-refractivity contribution < 1.29 is 9.90 Å². The Bertz CT molecular complexity index is 569. The Morgan fingerprint density at radius 3 is 2.90 bits per heavy atom. The first-order valence-electron chi connectivity index (χ1n) is 7.02. The molecule has 0 fully saturated rings. The lowest BCUT2D eigenvalue weighted by atomic mass is 10.2. The Balaban J connectivity index is 1.98. The molecule has 1 aromatic heterocycles. The lowest BCUT2D eigenvalue weighted by Gasteiger charge is -2.14. The van der Waals surface area contributed by atoms with Crippen LogP contribution in [0.5, 0.6) is 0 Å². The van der Waals surface area contributed by atoms with Gasteiger partial charge in [-0.05, 0) is 24.6 Å². The maximum atomic E-state index is 11.9. The number of urea groups is 1. The topological polar surface area (TPSA) is 79.2 Å². The highest BCUT2D eigenvalue weighted by atomic mass is 16.3. The van der Waals surface area contributed by atoms with Gasteiger partial charge in [0.2, 0.25) is 0 Å². The number of carbonyl (C=O) groups is 1. The molecule has 3 N–H and O–H groups in total. The SMILES string of the molecule is CCCC(O)CNC(=O)Nc1ccccc1-n1cccn1. The molecule has 0 bridgehead atoms. The molecule has 0 saturated heterocycles. The average molecular weight is 288 g/mol. The van der Waals surface area contributed by atoms with Gasteiger partial charge in [0.1, 0.15) is 0 Å². The molecule has 0 aliphatic carbocycles. The minimum Gasteiger partial charge on any atom is -0.391 e.